The predicted octanol–water partition coefficient (Wildman–Crippen LogP) is 3.53. The van der Waals surface area contributed by atoms with E-state index >= 15 is 0 Å². The van der Waals surface area contributed by atoms with Crippen molar-refractivity contribution in [2.75, 3.05) is 0 Å². The van der Waals surface area contributed by atoms with Gasteiger partial charge in [0.2, 0.25) is 0 Å². The van der Waals surface area contributed by atoms with Gasteiger partial charge in [0.05, 0.1) is 22.7 Å². The van der Waals surface area contributed by atoms with Crippen LogP contribution in [0.4, 0.5) is 0 Å². The smallest absolute Gasteiger partial charge is 0.107 e. The van der Waals surface area contributed by atoms with E-state index in [1.807, 2.05) is 12.1 Å². The van der Waals surface area contributed by atoms with Crippen LogP contribution in [-0.4, -0.2) is 9.97 Å². The van der Waals surface area contributed by atoms with Gasteiger partial charge in [-0.15, -0.1) is 0 Å². The third kappa shape index (κ3) is 2.55. The Morgan fingerprint density at radius 1 is 1.10 bits per heavy atom. The summed E-state index contributed by atoms with van der Waals surface area (Å²) in [5.74, 6) is 0.968. The van der Waals surface area contributed by atoms with Crippen LogP contribution in [0.1, 0.15) is 22.5 Å². The maximum atomic E-state index is 8.89. The van der Waals surface area contributed by atoms with E-state index in [-0.39, 0.29) is 0 Å². The van der Waals surface area contributed by atoms with E-state index in [9.17, 15) is 0 Å². The molecule has 3 rings (SSSR count). The highest BCUT2D eigenvalue weighted by atomic mass is 14.9. The molecule has 3 nitrogen and oxygen atoms in total. The molecule has 0 fully saturated rings. The number of H-pyrrole nitrogens is 1. The lowest BCUT2D eigenvalue weighted by Gasteiger charge is -1.99. The Morgan fingerprint density at radius 2 is 1.90 bits per heavy atom. The summed E-state index contributed by atoms with van der Waals surface area (Å²) >= 11 is 0. The summed E-state index contributed by atoms with van der Waals surface area (Å²) in [6.45, 7) is 2.09. The maximum Gasteiger partial charge on any atom is 0.107 e. The van der Waals surface area contributed by atoms with Crippen molar-refractivity contribution in [1.82, 2.24) is 9.97 Å². The number of hydrogen-bond acceptors (Lipinski definition) is 2. The van der Waals surface area contributed by atoms with Crippen molar-refractivity contribution in [1.29, 1.82) is 5.26 Å². The van der Waals surface area contributed by atoms with Gasteiger partial charge in [-0.1, -0.05) is 29.8 Å². The highest BCUT2D eigenvalue weighted by Gasteiger charge is 2.04. The lowest BCUT2D eigenvalue weighted by atomic mass is 10.1. The number of nitriles is 1. The SMILES string of the molecule is Cc1ccc(CCc2nc3ccc(C#N)cc3[nH]2)cc1. The van der Waals surface area contributed by atoms with E-state index in [4.69, 9.17) is 5.26 Å². The van der Waals surface area contributed by atoms with Crippen LogP contribution in [0.15, 0.2) is 42.5 Å². The predicted molar refractivity (Wildman–Crippen MR) is 79.4 cm³/mol. The number of aromatic nitrogens is 2. The Balaban J connectivity index is 1.77. The molecule has 0 saturated carbocycles. The van der Waals surface area contributed by atoms with E-state index < -0.39 is 0 Å². The van der Waals surface area contributed by atoms with Gasteiger partial charge in [-0.3, -0.25) is 0 Å². The maximum absolute atomic E-state index is 8.89. The zero-order chi connectivity index (χ0) is 13.9. The minimum absolute atomic E-state index is 0.659. The third-order valence-electron chi connectivity index (χ3n) is 3.43. The molecule has 0 bridgehead atoms. The van der Waals surface area contributed by atoms with Crippen molar-refractivity contribution in [3.05, 3.63) is 65.0 Å². The molecule has 0 unspecified atom stereocenters. The van der Waals surface area contributed by atoms with E-state index in [0.717, 1.165) is 29.7 Å². The van der Waals surface area contributed by atoms with E-state index in [1.165, 1.54) is 11.1 Å². The first-order valence-corrected chi connectivity index (χ1v) is 6.69. The molecule has 1 heterocycles. The van der Waals surface area contributed by atoms with Crippen LogP contribution in [0.25, 0.3) is 11.0 Å². The summed E-state index contributed by atoms with van der Waals surface area (Å²) < 4.78 is 0. The van der Waals surface area contributed by atoms with Crippen molar-refractivity contribution in [2.24, 2.45) is 0 Å². The zero-order valence-electron chi connectivity index (χ0n) is 11.4. The molecule has 0 aliphatic heterocycles. The molecule has 1 aromatic heterocycles. The van der Waals surface area contributed by atoms with Crippen LogP contribution in [-0.2, 0) is 12.8 Å². The minimum atomic E-state index is 0.659. The van der Waals surface area contributed by atoms with E-state index in [1.54, 1.807) is 6.07 Å². The summed E-state index contributed by atoms with van der Waals surface area (Å²) in [5, 5.41) is 8.89. The number of aromatic amines is 1. The van der Waals surface area contributed by atoms with Gasteiger partial charge in [0.25, 0.3) is 0 Å². The molecule has 0 atom stereocenters. The molecule has 0 radical (unpaired) electrons. The standard InChI is InChI=1S/C17H15N3/c1-12-2-4-13(5-3-12)7-9-17-19-15-8-6-14(11-18)10-16(15)20-17/h2-6,8,10H,7,9H2,1H3,(H,19,20). The Labute approximate surface area is 117 Å². The summed E-state index contributed by atoms with van der Waals surface area (Å²) in [6.07, 6.45) is 1.84. The number of nitrogens with one attached hydrogen (secondary N) is 1. The molecule has 20 heavy (non-hydrogen) atoms. The third-order valence-corrected chi connectivity index (χ3v) is 3.43. The van der Waals surface area contributed by atoms with Crippen LogP contribution >= 0.6 is 0 Å². The highest BCUT2D eigenvalue weighted by Crippen LogP contribution is 2.15. The Hall–Kier alpha value is -2.60. The van der Waals surface area contributed by atoms with Gasteiger partial charge < -0.3 is 4.98 Å². The molecule has 0 aliphatic carbocycles. The second-order valence-corrected chi connectivity index (χ2v) is 5.01. The van der Waals surface area contributed by atoms with Crippen LogP contribution in [0.5, 0.6) is 0 Å². The van der Waals surface area contributed by atoms with Crippen molar-refractivity contribution in [3.63, 3.8) is 0 Å². The summed E-state index contributed by atoms with van der Waals surface area (Å²) in [6, 6.07) is 16.3. The second kappa shape index (κ2) is 5.18. The van der Waals surface area contributed by atoms with Gasteiger partial charge in [-0.05, 0) is 37.1 Å². The molecule has 0 amide bonds. The van der Waals surface area contributed by atoms with Gasteiger partial charge in [0, 0.05) is 6.42 Å². The van der Waals surface area contributed by atoms with Crippen LogP contribution in [0.3, 0.4) is 0 Å². The number of aryl methyl sites for hydroxylation is 3. The lowest BCUT2D eigenvalue weighted by molar-refractivity contribution is 0.889. The van der Waals surface area contributed by atoms with E-state index in [0.29, 0.717) is 5.56 Å². The highest BCUT2D eigenvalue weighted by molar-refractivity contribution is 5.76. The zero-order valence-corrected chi connectivity index (χ0v) is 11.4. The van der Waals surface area contributed by atoms with Gasteiger partial charge in [0.15, 0.2) is 0 Å². The van der Waals surface area contributed by atoms with Crippen molar-refractivity contribution >= 4 is 11.0 Å². The average Bonchev–Trinajstić information content (AvgIpc) is 2.88. The molecule has 98 valence electrons. The van der Waals surface area contributed by atoms with Crippen molar-refractivity contribution < 1.29 is 0 Å². The molecule has 3 heteroatoms. The van der Waals surface area contributed by atoms with Crippen LogP contribution < -0.4 is 0 Å². The fourth-order valence-corrected chi connectivity index (χ4v) is 2.27. The monoisotopic (exact) mass is 261 g/mol. The quantitative estimate of drug-likeness (QED) is 0.784. The number of hydrogen-bond donors (Lipinski definition) is 1. The second-order valence-electron chi connectivity index (χ2n) is 5.01. The first kappa shape index (κ1) is 12.4. The Kier molecular flexibility index (Phi) is 3.22. The van der Waals surface area contributed by atoms with Gasteiger partial charge in [-0.2, -0.15) is 5.26 Å². The van der Waals surface area contributed by atoms with Gasteiger partial charge >= 0.3 is 0 Å². The summed E-state index contributed by atoms with van der Waals surface area (Å²) in [4.78, 5) is 7.85. The molecule has 3 aromatic rings. The number of benzene rings is 2. The number of imidazole rings is 1. The largest absolute Gasteiger partial charge is 0.342 e. The fraction of sp³-hybridized carbons (Fsp3) is 0.176. The first-order valence-electron chi connectivity index (χ1n) is 6.69. The van der Waals surface area contributed by atoms with Gasteiger partial charge in [-0.25, -0.2) is 4.98 Å². The van der Waals surface area contributed by atoms with Crippen molar-refractivity contribution in [3.8, 4) is 6.07 Å². The Morgan fingerprint density at radius 3 is 2.65 bits per heavy atom. The topological polar surface area (TPSA) is 52.5 Å². The van der Waals surface area contributed by atoms with Crippen molar-refractivity contribution in [2.45, 2.75) is 19.8 Å². The molecule has 0 aliphatic rings. The number of fused-ring (bicyclic) bond motifs is 1. The number of nitrogens with zero attached hydrogens (tertiary/aromatic N) is 2. The van der Waals surface area contributed by atoms with E-state index in [2.05, 4.69) is 47.2 Å². The van der Waals surface area contributed by atoms with Gasteiger partial charge in [0.1, 0.15) is 5.82 Å². The van der Waals surface area contributed by atoms with Crippen LogP contribution in [0.2, 0.25) is 0 Å². The molecular formula is C17H15N3. The molecule has 2 aromatic carbocycles. The lowest BCUT2D eigenvalue weighted by Crippen LogP contribution is -1.93. The van der Waals surface area contributed by atoms with Crippen LogP contribution in [0, 0.1) is 18.3 Å². The number of rotatable bonds is 3. The summed E-state index contributed by atoms with van der Waals surface area (Å²) in [5.41, 5.74) is 5.10. The summed E-state index contributed by atoms with van der Waals surface area (Å²) in [7, 11) is 0. The Bertz CT molecular complexity index is 776. The minimum Gasteiger partial charge on any atom is -0.342 e. The molecule has 0 spiro atoms. The molecule has 1 N–H and O–H groups in total. The molecular weight excluding hydrogens is 246 g/mol. The fourth-order valence-electron chi connectivity index (χ4n) is 2.27. The molecule has 0 saturated heterocycles. The normalized spacial score (nSPS) is 10.6. The average molecular weight is 261 g/mol. The first-order chi connectivity index (χ1) is 9.74.